The Morgan fingerprint density at radius 2 is 1.55 bits per heavy atom. The number of alkyl halides is 6. The Balaban J connectivity index is 3.76. The van der Waals surface area contributed by atoms with Gasteiger partial charge in [-0.1, -0.05) is 15.9 Å². The van der Waals surface area contributed by atoms with Crippen molar-refractivity contribution >= 4 is 21.6 Å². The second-order valence-electron chi connectivity index (χ2n) is 3.62. The van der Waals surface area contributed by atoms with E-state index < -0.39 is 34.1 Å². The number of rotatable bonds is 2. The molecule has 0 fully saturated rings. The Morgan fingerprint density at radius 3 is 1.90 bits per heavy atom. The predicted octanol–water partition coefficient (Wildman–Crippen LogP) is 3.67. The third-order valence-electron chi connectivity index (χ3n) is 2.37. The van der Waals surface area contributed by atoms with E-state index in [0.717, 1.165) is 6.07 Å². The lowest BCUT2D eigenvalue weighted by atomic mass is 9.91. The highest BCUT2D eigenvalue weighted by Crippen LogP contribution is 2.52. The smallest absolute Gasteiger partial charge is 0.369 e. The minimum absolute atomic E-state index is 0.207. The Labute approximate surface area is 115 Å². The molecule has 0 radical (unpaired) electrons. The third-order valence-corrected chi connectivity index (χ3v) is 2.86. The van der Waals surface area contributed by atoms with Gasteiger partial charge in [-0.2, -0.15) is 26.3 Å². The molecule has 4 nitrogen and oxygen atoms in total. The summed E-state index contributed by atoms with van der Waals surface area (Å²) >= 11 is 2.60. The van der Waals surface area contributed by atoms with Crippen LogP contribution < -0.4 is 0 Å². The van der Waals surface area contributed by atoms with Gasteiger partial charge in [0.15, 0.2) is 0 Å². The fourth-order valence-corrected chi connectivity index (χ4v) is 1.78. The number of aliphatic hydroxyl groups is 1. The first-order valence-electron chi connectivity index (χ1n) is 4.62. The largest absolute Gasteiger partial charge is 0.430 e. The molecule has 0 aromatic heterocycles. The molecule has 0 amide bonds. The summed E-state index contributed by atoms with van der Waals surface area (Å²) in [5.74, 6) is 0. The van der Waals surface area contributed by atoms with Crippen molar-refractivity contribution in [2.75, 3.05) is 0 Å². The van der Waals surface area contributed by atoms with Crippen molar-refractivity contribution in [3.8, 4) is 0 Å². The molecule has 0 aliphatic heterocycles. The zero-order valence-corrected chi connectivity index (χ0v) is 10.7. The van der Waals surface area contributed by atoms with Crippen LogP contribution in [0.25, 0.3) is 0 Å². The minimum Gasteiger partial charge on any atom is -0.369 e. The Bertz CT molecular complexity index is 527. The van der Waals surface area contributed by atoms with Crippen LogP contribution in [0.2, 0.25) is 0 Å². The molecule has 0 heterocycles. The maximum Gasteiger partial charge on any atom is 0.430 e. The normalized spacial score (nSPS) is 13.4. The molecular formula is C9H4BrF6NO3. The summed E-state index contributed by atoms with van der Waals surface area (Å²) in [6.45, 7) is 0. The average Bonchev–Trinajstić information content (AvgIpc) is 2.24. The molecule has 0 saturated heterocycles. The Hall–Kier alpha value is -1.36. The van der Waals surface area contributed by atoms with Gasteiger partial charge >= 0.3 is 12.4 Å². The van der Waals surface area contributed by atoms with Crippen LogP contribution in [0.4, 0.5) is 32.0 Å². The van der Waals surface area contributed by atoms with Crippen molar-refractivity contribution in [2.24, 2.45) is 0 Å². The molecule has 1 N–H and O–H groups in total. The maximum atomic E-state index is 12.7. The van der Waals surface area contributed by atoms with E-state index in [1.54, 1.807) is 0 Å². The van der Waals surface area contributed by atoms with Crippen LogP contribution >= 0.6 is 15.9 Å². The topological polar surface area (TPSA) is 63.4 Å². The number of hydrogen-bond acceptors (Lipinski definition) is 3. The summed E-state index contributed by atoms with van der Waals surface area (Å²) < 4.78 is 75.6. The van der Waals surface area contributed by atoms with Crippen molar-refractivity contribution in [3.63, 3.8) is 0 Å². The van der Waals surface area contributed by atoms with Gasteiger partial charge in [0, 0.05) is 10.5 Å². The van der Waals surface area contributed by atoms with Crippen LogP contribution in [0.5, 0.6) is 0 Å². The van der Waals surface area contributed by atoms with Gasteiger partial charge in [-0.05, 0) is 12.1 Å². The molecule has 0 aliphatic carbocycles. The van der Waals surface area contributed by atoms with Crippen molar-refractivity contribution < 1.29 is 36.4 Å². The van der Waals surface area contributed by atoms with Gasteiger partial charge in [0.05, 0.1) is 10.5 Å². The fraction of sp³-hybridized carbons (Fsp3) is 0.333. The van der Waals surface area contributed by atoms with E-state index in [-0.39, 0.29) is 10.5 Å². The lowest BCUT2D eigenvalue weighted by molar-refractivity contribution is -0.401. The molecule has 0 bridgehead atoms. The third kappa shape index (κ3) is 2.59. The molecule has 0 unspecified atom stereocenters. The Morgan fingerprint density at radius 1 is 1.10 bits per heavy atom. The average molecular weight is 368 g/mol. The standard InChI is InChI=1S/C9H4BrF6NO3/c10-4-1-2-6(17(19)20)5(3-4)7(18,8(11,12)13)9(14,15)16/h1-3,18H. The summed E-state index contributed by atoms with van der Waals surface area (Å²) in [5, 5.41) is 19.7. The minimum atomic E-state index is -6.18. The van der Waals surface area contributed by atoms with Gasteiger partial charge in [-0.15, -0.1) is 0 Å². The monoisotopic (exact) mass is 367 g/mol. The molecule has 1 aromatic rings. The lowest BCUT2D eigenvalue weighted by Crippen LogP contribution is -2.54. The van der Waals surface area contributed by atoms with Crippen LogP contribution in [-0.2, 0) is 5.60 Å². The quantitative estimate of drug-likeness (QED) is 0.492. The summed E-state index contributed by atoms with van der Waals surface area (Å²) in [4.78, 5) is 9.14. The summed E-state index contributed by atoms with van der Waals surface area (Å²) in [6, 6.07) is 1.52. The fourth-order valence-electron chi connectivity index (χ4n) is 1.42. The molecular weight excluding hydrogens is 364 g/mol. The van der Waals surface area contributed by atoms with Gasteiger partial charge in [0.1, 0.15) is 0 Å². The van der Waals surface area contributed by atoms with Gasteiger partial charge in [-0.3, -0.25) is 10.1 Å². The van der Waals surface area contributed by atoms with Crippen molar-refractivity contribution in [2.45, 2.75) is 18.0 Å². The van der Waals surface area contributed by atoms with E-state index in [0.29, 0.717) is 6.07 Å². The first kappa shape index (κ1) is 16.7. The molecule has 1 aromatic carbocycles. The molecule has 0 spiro atoms. The molecule has 0 atom stereocenters. The van der Waals surface area contributed by atoms with Crippen LogP contribution in [0, 0.1) is 10.1 Å². The van der Waals surface area contributed by atoms with E-state index in [2.05, 4.69) is 15.9 Å². The summed E-state index contributed by atoms with van der Waals surface area (Å²) in [6.07, 6.45) is -12.4. The predicted molar refractivity (Wildman–Crippen MR) is 56.8 cm³/mol. The number of nitro benzene ring substituents is 1. The number of nitro groups is 1. The van der Waals surface area contributed by atoms with Crippen LogP contribution in [0.1, 0.15) is 5.56 Å². The van der Waals surface area contributed by atoms with E-state index in [4.69, 9.17) is 5.11 Å². The van der Waals surface area contributed by atoms with Crippen molar-refractivity contribution in [1.29, 1.82) is 0 Å². The molecule has 0 saturated carbocycles. The second-order valence-corrected chi connectivity index (χ2v) is 4.54. The highest BCUT2D eigenvalue weighted by molar-refractivity contribution is 9.10. The molecule has 0 aliphatic rings. The summed E-state index contributed by atoms with van der Waals surface area (Å²) in [7, 11) is 0. The van der Waals surface area contributed by atoms with Crippen LogP contribution in [-0.4, -0.2) is 22.4 Å². The van der Waals surface area contributed by atoms with Gasteiger partial charge < -0.3 is 5.11 Å². The molecule has 20 heavy (non-hydrogen) atoms. The van der Waals surface area contributed by atoms with Gasteiger partial charge in [0.25, 0.3) is 11.3 Å². The zero-order valence-electron chi connectivity index (χ0n) is 9.09. The number of nitrogens with zero attached hydrogens (tertiary/aromatic N) is 1. The van der Waals surface area contributed by atoms with E-state index in [1.807, 2.05) is 0 Å². The number of benzene rings is 1. The van der Waals surface area contributed by atoms with E-state index in [9.17, 15) is 36.5 Å². The van der Waals surface area contributed by atoms with Gasteiger partial charge in [0.2, 0.25) is 0 Å². The first-order valence-corrected chi connectivity index (χ1v) is 5.42. The van der Waals surface area contributed by atoms with Crippen LogP contribution in [0.15, 0.2) is 22.7 Å². The molecule has 112 valence electrons. The number of halogens is 7. The van der Waals surface area contributed by atoms with Crippen LogP contribution in [0.3, 0.4) is 0 Å². The summed E-state index contributed by atoms with van der Waals surface area (Å²) in [5.41, 5.74) is -8.74. The first-order chi connectivity index (χ1) is 8.82. The Kier molecular flexibility index (Phi) is 4.07. The van der Waals surface area contributed by atoms with E-state index >= 15 is 0 Å². The molecule has 1 rings (SSSR count). The lowest BCUT2D eigenvalue weighted by Gasteiger charge is -2.32. The highest BCUT2D eigenvalue weighted by Gasteiger charge is 2.73. The van der Waals surface area contributed by atoms with E-state index in [1.165, 1.54) is 0 Å². The van der Waals surface area contributed by atoms with Gasteiger partial charge in [-0.25, -0.2) is 0 Å². The number of hydrogen-bond donors (Lipinski definition) is 1. The zero-order chi connectivity index (χ0) is 15.9. The second kappa shape index (κ2) is 4.88. The van der Waals surface area contributed by atoms with Crippen molar-refractivity contribution in [3.05, 3.63) is 38.3 Å². The highest BCUT2D eigenvalue weighted by atomic mass is 79.9. The van der Waals surface area contributed by atoms with Crippen molar-refractivity contribution in [1.82, 2.24) is 0 Å². The maximum absolute atomic E-state index is 12.7. The SMILES string of the molecule is O=[N+]([O-])c1ccc(Br)cc1C(O)(C(F)(F)F)C(F)(F)F. The molecule has 11 heteroatoms.